The van der Waals surface area contributed by atoms with Gasteiger partial charge in [0, 0.05) is 25.7 Å². The van der Waals surface area contributed by atoms with Crippen LogP contribution in [0.25, 0.3) is 11.4 Å². The molecule has 3 rings (SSSR count). The van der Waals surface area contributed by atoms with Crippen molar-refractivity contribution < 1.29 is 14.0 Å². The van der Waals surface area contributed by atoms with Crippen molar-refractivity contribution in [3.05, 3.63) is 40.9 Å². The topological polar surface area (TPSA) is 79.3 Å². The van der Waals surface area contributed by atoms with Gasteiger partial charge in [0.25, 0.3) is 0 Å². The molecule has 1 aromatic carbocycles. The molecular formula is C23H31ClFN5O2. The first kappa shape index (κ1) is 24.2. The fourth-order valence-electron chi connectivity index (χ4n) is 4.05. The lowest BCUT2D eigenvalue weighted by Gasteiger charge is -2.28. The van der Waals surface area contributed by atoms with Gasteiger partial charge in [0.05, 0.1) is 16.9 Å². The first-order valence-electron chi connectivity index (χ1n) is 10.7. The Hall–Kier alpha value is -2.45. The van der Waals surface area contributed by atoms with E-state index in [1.54, 1.807) is 19.3 Å². The molecule has 9 heteroatoms. The molecule has 2 unspecified atom stereocenters. The summed E-state index contributed by atoms with van der Waals surface area (Å²) in [4.78, 5) is 32.6. The van der Waals surface area contributed by atoms with Gasteiger partial charge in [0.15, 0.2) is 0 Å². The molecule has 2 aromatic rings. The molecule has 0 radical (unpaired) electrons. The van der Waals surface area contributed by atoms with E-state index in [-0.39, 0.29) is 22.3 Å². The zero-order chi connectivity index (χ0) is 23.6. The Balaban J connectivity index is 1.99. The summed E-state index contributed by atoms with van der Waals surface area (Å²) in [5.41, 5.74) is 1.35. The SMILES string of the molecule is CNC(=O)C(CC(C)(C)C)NC(=O)C1CCN(C)Cc2cnc(-c3ccc(F)c(Cl)c3)n21. The number of fused-ring (bicyclic) bond motifs is 1. The van der Waals surface area contributed by atoms with Gasteiger partial charge < -0.3 is 20.1 Å². The molecule has 0 fully saturated rings. The zero-order valence-corrected chi connectivity index (χ0v) is 20.0. The Bertz CT molecular complexity index is 1000. The first-order chi connectivity index (χ1) is 15.0. The molecule has 2 N–H and O–H groups in total. The number of carbonyl (C=O) groups excluding carboxylic acids is 2. The number of rotatable bonds is 5. The zero-order valence-electron chi connectivity index (χ0n) is 19.2. The van der Waals surface area contributed by atoms with Crippen LogP contribution in [0.1, 0.15) is 45.3 Å². The summed E-state index contributed by atoms with van der Waals surface area (Å²) in [6, 6.07) is 3.20. The largest absolute Gasteiger partial charge is 0.357 e. The van der Waals surface area contributed by atoms with Crippen molar-refractivity contribution in [1.82, 2.24) is 25.1 Å². The van der Waals surface area contributed by atoms with Crippen LogP contribution in [0, 0.1) is 11.2 Å². The average Bonchev–Trinajstić information content (AvgIpc) is 3.03. The highest BCUT2D eigenvalue weighted by Gasteiger charge is 2.33. The predicted octanol–water partition coefficient (Wildman–Crippen LogP) is 3.39. The Kier molecular flexibility index (Phi) is 7.25. The van der Waals surface area contributed by atoms with Crippen molar-refractivity contribution in [2.45, 2.75) is 52.2 Å². The standard InChI is InChI=1S/C23H31ClFN5O2/c1-23(2,3)11-18(21(31)26-4)28-22(32)19-8-9-29(5)13-15-12-27-20(30(15)19)14-6-7-17(25)16(24)10-14/h6-7,10,12,18-19H,8-9,11,13H2,1-5H3,(H,26,31)(H,28,32). The van der Waals surface area contributed by atoms with Crippen LogP contribution in [0.2, 0.25) is 5.02 Å². The van der Waals surface area contributed by atoms with E-state index < -0.39 is 17.9 Å². The first-order valence-corrected chi connectivity index (χ1v) is 11.1. The number of hydrogen-bond donors (Lipinski definition) is 2. The average molecular weight is 464 g/mol. The van der Waals surface area contributed by atoms with Crippen molar-refractivity contribution in [3.63, 3.8) is 0 Å². The molecular weight excluding hydrogens is 433 g/mol. The molecule has 2 atom stereocenters. The summed E-state index contributed by atoms with van der Waals surface area (Å²) in [5, 5.41) is 5.61. The van der Waals surface area contributed by atoms with E-state index in [4.69, 9.17) is 11.6 Å². The van der Waals surface area contributed by atoms with Crippen molar-refractivity contribution >= 4 is 23.4 Å². The van der Waals surface area contributed by atoms with Crippen molar-refractivity contribution in [3.8, 4) is 11.4 Å². The Morgan fingerprint density at radius 1 is 1.34 bits per heavy atom. The molecule has 0 aliphatic carbocycles. The van der Waals surface area contributed by atoms with E-state index in [0.717, 1.165) is 5.69 Å². The van der Waals surface area contributed by atoms with Crippen LogP contribution in [0.5, 0.6) is 0 Å². The summed E-state index contributed by atoms with van der Waals surface area (Å²) in [7, 11) is 3.55. The highest BCUT2D eigenvalue weighted by molar-refractivity contribution is 6.31. The number of hydrogen-bond acceptors (Lipinski definition) is 4. The number of amides is 2. The van der Waals surface area contributed by atoms with Crippen LogP contribution in [0.3, 0.4) is 0 Å². The number of carbonyl (C=O) groups is 2. The number of nitrogens with zero attached hydrogens (tertiary/aromatic N) is 3. The summed E-state index contributed by atoms with van der Waals surface area (Å²) < 4.78 is 15.6. The van der Waals surface area contributed by atoms with Crippen LogP contribution < -0.4 is 10.6 Å². The van der Waals surface area contributed by atoms with Gasteiger partial charge in [-0.1, -0.05) is 32.4 Å². The maximum absolute atomic E-state index is 13.7. The second kappa shape index (κ2) is 9.58. The molecule has 0 spiro atoms. The molecule has 174 valence electrons. The van der Waals surface area contributed by atoms with Gasteiger partial charge in [-0.15, -0.1) is 0 Å². The van der Waals surface area contributed by atoms with Crippen LogP contribution in [0.4, 0.5) is 4.39 Å². The van der Waals surface area contributed by atoms with Gasteiger partial charge in [-0.05, 0) is 43.5 Å². The molecule has 0 saturated carbocycles. The Morgan fingerprint density at radius 3 is 2.69 bits per heavy atom. The number of halogens is 2. The summed E-state index contributed by atoms with van der Waals surface area (Å²) in [5.74, 6) is -0.436. The van der Waals surface area contributed by atoms with E-state index in [1.165, 1.54) is 12.1 Å². The van der Waals surface area contributed by atoms with Crippen LogP contribution in [0.15, 0.2) is 24.4 Å². The summed E-state index contributed by atoms with van der Waals surface area (Å²) in [6.07, 6.45) is 2.78. The normalized spacial score (nSPS) is 17.9. The third-order valence-electron chi connectivity index (χ3n) is 5.58. The molecule has 1 aliphatic heterocycles. The van der Waals surface area contributed by atoms with E-state index >= 15 is 0 Å². The third kappa shape index (κ3) is 5.48. The second-order valence-corrected chi connectivity index (χ2v) is 9.96. The Labute approximate surface area is 193 Å². The maximum atomic E-state index is 13.7. The minimum atomic E-state index is -0.649. The van der Waals surface area contributed by atoms with Crippen molar-refractivity contribution in [2.24, 2.45) is 5.41 Å². The van der Waals surface area contributed by atoms with E-state index in [9.17, 15) is 14.0 Å². The monoisotopic (exact) mass is 463 g/mol. The minimum Gasteiger partial charge on any atom is -0.357 e. The predicted molar refractivity (Wildman–Crippen MR) is 123 cm³/mol. The van der Waals surface area contributed by atoms with Crippen LogP contribution in [-0.2, 0) is 16.1 Å². The lowest BCUT2D eigenvalue weighted by atomic mass is 9.87. The van der Waals surface area contributed by atoms with E-state index in [0.29, 0.717) is 37.3 Å². The van der Waals surface area contributed by atoms with Crippen molar-refractivity contribution in [2.75, 3.05) is 20.6 Å². The van der Waals surface area contributed by atoms with Gasteiger partial charge in [-0.25, -0.2) is 9.37 Å². The minimum absolute atomic E-state index is 0.00329. The van der Waals surface area contributed by atoms with Gasteiger partial charge in [0.1, 0.15) is 23.7 Å². The maximum Gasteiger partial charge on any atom is 0.243 e. The van der Waals surface area contributed by atoms with Gasteiger partial charge >= 0.3 is 0 Å². The highest BCUT2D eigenvalue weighted by Crippen LogP contribution is 2.31. The van der Waals surface area contributed by atoms with E-state index in [1.807, 2.05) is 32.4 Å². The Morgan fingerprint density at radius 2 is 2.06 bits per heavy atom. The summed E-state index contributed by atoms with van der Waals surface area (Å²) >= 11 is 6.01. The molecule has 0 saturated heterocycles. The van der Waals surface area contributed by atoms with E-state index in [2.05, 4.69) is 20.5 Å². The lowest BCUT2D eigenvalue weighted by molar-refractivity contribution is -0.131. The van der Waals surface area contributed by atoms with Crippen LogP contribution >= 0.6 is 11.6 Å². The fraction of sp³-hybridized carbons (Fsp3) is 0.522. The summed E-state index contributed by atoms with van der Waals surface area (Å²) in [6.45, 7) is 7.40. The molecule has 32 heavy (non-hydrogen) atoms. The number of imidazole rings is 1. The number of likely N-dealkylation sites (N-methyl/N-ethyl adjacent to an activating group) is 1. The second-order valence-electron chi connectivity index (χ2n) is 9.55. The molecule has 7 nitrogen and oxygen atoms in total. The smallest absolute Gasteiger partial charge is 0.243 e. The van der Waals surface area contributed by atoms with Crippen molar-refractivity contribution in [1.29, 1.82) is 0 Å². The third-order valence-corrected chi connectivity index (χ3v) is 5.87. The number of benzene rings is 1. The fourth-order valence-corrected chi connectivity index (χ4v) is 4.23. The molecule has 2 amide bonds. The van der Waals surface area contributed by atoms with Crippen LogP contribution in [-0.4, -0.2) is 52.9 Å². The lowest BCUT2D eigenvalue weighted by Crippen LogP contribution is -2.49. The molecule has 1 aromatic heterocycles. The van der Waals surface area contributed by atoms with Gasteiger partial charge in [0.2, 0.25) is 11.8 Å². The number of nitrogens with one attached hydrogen (secondary N) is 2. The number of aromatic nitrogens is 2. The molecule has 1 aliphatic rings. The van der Waals surface area contributed by atoms with Gasteiger partial charge in [-0.3, -0.25) is 9.59 Å². The van der Waals surface area contributed by atoms with Gasteiger partial charge in [-0.2, -0.15) is 0 Å². The quantitative estimate of drug-likeness (QED) is 0.712. The molecule has 2 heterocycles. The molecule has 0 bridgehead atoms. The highest BCUT2D eigenvalue weighted by atomic mass is 35.5.